The number of benzene rings is 2. The van der Waals surface area contributed by atoms with E-state index >= 15 is 0 Å². The van der Waals surface area contributed by atoms with Crippen molar-refractivity contribution in [2.24, 2.45) is 0 Å². The standard InChI is InChI=1S/C19H22FNO3S/c1-2-13-24-17-7-9-18(10-8-17)25(22,23)21-14-19(11-12-19)15-3-5-16(20)6-4-15/h3-10,21H,2,11-14H2,1H3. The van der Waals surface area contributed by atoms with E-state index in [9.17, 15) is 12.8 Å². The minimum atomic E-state index is -3.59. The Kier molecular flexibility index (Phi) is 5.11. The van der Waals surface area contributed by atoms with Crippen molar-refractivity contribution >= 4 is 10.0 Å². The number of hydrogen-bond donors (Lipinski definition) is 1. The molecule has 0 atom stereocenters. The van der Waals surface area contributed by atoms with E-state index in [-0.39, 0.29) is 16.1 Å². The highest BCUT2D eigenvalue weighted by Gasteiger charge is 2.44. The highest BCUT2D eigenvalue weighted by atomic mass is 32.2. The van der Waals surface area contributed by atoms with Crippen molar-refractivity contribution in [3.8, 4) is 5.75 Å². The molecule has 134 valence electrons. The fraction of sp³-hybridized carbons (Fsp3) is 0.368. The molecule has 0 amide bonds. The Morgan fingerprint density at radius 3 is 2.28 bits per heavy atom. The SMILES string of the molecule is CCCOc1ccc(S(=O)(=O)NCC2(c3ccc(F)cc3)CC2)cc1. The first kappa shape index (κ1) is 17.9. The Labute approximate surface area is 148 Å². The number of ether oxygens (including phenoxy) is 1. The third-order valence-corrected chi connectivity index (χ3v) is 5.93. The predicted octanol–water partition coefficient (Wildman–Crippen LogP) is 3.62. The first-order valence-electron chi connectivity index (χ1n) is 8.44. The van der Waals surface area contributed by atoms with Gasteiger partial charge in [0.05, 0.1) is 11.5 Å². The first-order valence-corrected chi connectivity index (χ1v) is 9.92. The number of sulfonamides is 1. The highest BCUT2D eigenvalue weighted by Crippen LogP contribution is 2.47. The Hall–Kier alpha value is -1.92. The molecule has 4 nitrogen and oxygen atoms in total. The lowest BCUT2D eigenvalue weighted by atomic mass is 9.96. The van der Waals surface area contributed by atoms with E-state index in [1.807, 2.05) is 6.92 Å². The lowest BCUT2D eigenvalue weighted by Gasteiger charge is -2.17. The van der Waals surface area contributed by atoms with Crippen LogP contribution in [0.3, 0.4) is 0 Å². The molecule has 2 aromatic carbocycles. The molecule has 0 aromatic heterocycles. The maximum Gasteiger partial charge on any atom is 0.240 e. The number of rotatable bonds is 8. The molecule has 0 spiro atoms. The number of hydrogen-bond acceptors (Lipinski definition) is 3. The molecule has 6 heteroatoms. The average Bonchev–Trinajstić information content (AvgIpc) is 3.40. The van der Waals surface area contributed by atoms with Gasteiger partial charge in [-0.25, -0.2) is 17.5 Å². The van der Waals surface area contributed by atoms with Crippen LogP contribution in [0.5, 0.6) is 5.75 Å². The Balaban J connectivity index is 1.66. The van der Waals surface area contributed by atoms with E-state index in [1.165, 1.54) is 12.1 Å². The summed E-state index contributed by atoms with van der Waals surface area (Å²) in [5, 5.41) is 0. The van der Waals surface area contributed by atoms with Gasteiger partial charge in [0.1, 0.15) is 11.6 Å². The molecule has 1 fully saturated rings. The molecule has 0 radical (unpaired) electrons. The van der Waals surface area contributed by atoms with E-state index in [4.69, 9.17) is 4.74 Å². The van der Waals surface area contributed by atoms with Gasteiger partial charge in [0.15, 0.2) is 0 Å². The normalized spacial score (nSPS) is 15.8. The van der Waals surface area contributed by atoms with Gasteiger partial charge >= 0.3 is 0 Å². The molecule has 3 rings (SSSR count). The van der Waals surface area contributed by atoms with Crippen molar-refractivity contribution in [2.75, 3.05) is 13.2 Å². The van der Waals surface area contributed by atoms with E-state index in [1.54, 1.807) is 36.4 Å². The fourth-order valence-electron chi connectivity index (χ4n) is 2.77. The summed E-state index contributed by atoms with van der Waals surface area (Å²) in [4.78, 5) is 0.214. The van der Waals surface area contributed by atoms with Gasteiger partial charge in [-0.3, -0.25) is 0 Å². The van der Waals surface area contributed by atoms with Crippen LogP contribution >= 0.6 is 0 Å². The van der Waals surface area contributed by atoms with Crippen molar-refractivity contribution < 1.29 is 17.5 Å². The summed E-state index contributed by atoms with van der Waals surface area (Å²) < 4.78 is 46.3. The molecule has 0 saturated heterocycles. The maximum absolute atomic E-state index is 13.1. The Bertz CT molecular complexity index is 813. The summed E-state index contributed by atoms with van der Waals surface area (Å²) in [6.45, 7) is 2.93. The molecule has 0 aliphatic heterocycles. The van der Waals surface area contributed by atoms with Gasteiger partial charge in [0.2, 0.25) is 10.0 Å². The predicted molar refractivity (Wildman–Crippen MR) is 94.7 cm³/mol. The van der Waals surface area contributed by atoms with E-state index in [0.29, 0.717) is 18.9 Å². The van der Waals surface area contributed by atoms with Crippen LogP contribution in [0.1, 0.15) is 31.7 Å². The monoisotopic (exact) mass is 363 g/mol. The molecular weight excluding hydrogens is 341 g/mol. The highest BCUT2D eigenvalue weighted by molar-refractivity contribution is 7.89. The van der Waals surface area contributed by atoms with Crippen LogP contribution in [0.25, 0.3) is 0 Å². The number of nitrogens with one attached hydrogen (secondary N) is 1. The zero-order valence-corrected chi connectivity index (χ0v) is 15.0. The van der Waals surface area contributed by atoms with Crippen molar-refractivity contribution in [2.45, 2.75) is 36.5 Å². The second-order valence-electron chi connectivity index (χ2n) is 6.43. The third kappa shape index (κ3) is 4.19. The Morgan fingerprint density at radius 2 is 1.72 bits per heavy atom. The summed E-state index contributed by atoms with van der Waals surface area (Å²) in [5.74, 6) is 0.372. The van der Waals surface area contributed by atoms with Crippen LogP contribution in [0.4, 0.5) is 4.39 Å². The number of halogens is 1. The van der Waals surface area contributed by atoms with Gasteiger partial charge in [-0.2, -0.15) is 0 Å². The molecule has 0 bridgehead atoms. The smallest absolute Gasteiger partial charge is 0.240 e. The average molecular weight is 363 g/mol. The molecule has 2 aromatic rings. The van der Waals surface area contributed by atoms with Crippen LogP contribution in [-0.4, -0.2) is 21.6 Å². The van der Waals surface area contributed by atoms with Gasteiger partial charge in [-0.05, 0) is 61.2 Å². The fourth-order valence-corrected chi connectivity index (χ4v) is 3.90. The summed E-state index contributed by atoms with van der Waals surface area (Å²) in [7, 11) is -3.59. The topological polar surface area (TPSA) is 55.4 Å². The van der Waals surface area contributed by atoms with Crippen molar-refractivity contribution in [3.63, 3.8) is 0 Å². The van der Waals surface area contributed by atoms with Gasteiger partial charge in [0.25, 0.3) is 0 Å². The van der Waals surface area contributed by atoms with Crippen molar-refractivity contribution in [1.82, 2.24) is 4.72 Å². The lowest BCUT2D eigenvalue weighted by molar-refractivity contribution is 0.317. The maximum atomic E-state index is 13.1. The quantitative estimate of drug-likeness (QED) is 0.779. The summed E-state index contributed by atoms with van der Waals surface area (Å²) in [6, 6.07) is 12.7. The van der Waals surface area contributed by atoms with Crippen molar-refractivity contribution in [3.05, 3.63) is 59.9 Å². The zero-order chi connectivity index (χ0) is 17.9. The van der Waals surface area contributed by atoms with Gasteiger partial charge in [-0.1, -0.05) is 19.1 Å². The second kappa shape index (κ2) is 7.14. The molecule has 1 aliphatic carbocycles. The molecule has 1 aliphatic rings. The summed E-state index contributed by atoms with van der Waals surface area (Å²) in [6.07, 6.45) is 2.68. The van der Waals surface area contributed by atoms with E-state index < -0.39 is 10.0 Å². The Morgan fingerprint density at radius 1 is 1.08 bits per heavy atom. The van der Waals surface area contributed by atoms with Gasteiger partial charge < -0.3 is 4.74 Å². The molecular formula is C19H22FNO3S. The van der Waals surface area contributed by atoms with E-state index in [2.05, 4.69) is 4.72 Å². The zero-order valence-electron chi connectivity index (χ0n) is 14.2. The van der Waals surface area contributed by atoms with Crippen LogP contribution in [-0.2, 0) is 15.4 Å². The molecule has 25 heavy (non-hydrogen) atoms. The minimum Gasteiger partial charge on any atom is -0.494 e. The van der Waals surface area contributed by atoms with Crippen LogP contribution in [0.2, 0.25) is 0 Å². The minimum absolute atomic E-state index is 0.214. The van der Waals surface area contributed by atoms with Gasteiger partial charge in [0, 0.05) is 12.0 Å². The molecule has 0 unspecified atom stereocenters. The second-order valence-corrected chi connectivity index (χ2v) is 8.20. The largest absolute Gasteiger partial charge is 0.494 e. The van der Waals surface area contributed by atoms with Crippen LogP contribution < -0.4 is 9.46 Å². The molecule has 0 heterocycles. The summed E-state index contributed by atoms with van der Waals surface area (Å²) in [5.41, 5.74) is 0.755. The lowest BCUT2D eigenvalue weighted by Crippen LogP contribution is -2.32. The van der Waals surface area contributed by atoms with Crippen molar-refractivity contribution in [1.29, 1.82) is 0 Å². The molecule has 1 N–H and O–H groups in total. The van der Waals surface area contributed by atoms with Crippen LogP contribution in [0.15, 0.2) is 53.4 Å². The van der Waals surface area contributed by atoms with Crippen LogP contribution in [0, 0.1) is 5.82 Å². The third-order valence-electron chi connectivity index (χ3n) is 4.52. The van der Waals surface area contributed by atoms with E-state index in [0.717, 1.165) is 24.8 Å². The van der Waals surface area contributed by atoms with Gasteiger partial charge in [-0.15, -0.1) is 0 Å². The molecule has 1 saturated carbocycles. The first-order chi connectivity index (χ1) is 12.0. The summed E-state index contributed by atoms with van der Waals surface area (Å²) >= 11 is 0.